The first-order valence-electron chi connectivity index (χ1n) is 9.00. The van der Waals surface area contributed by atoms with Crippen LogP contribution >= 0.6 is 0 Å². The van der Waals surface area contributed by atoms with Crippen molar-refractivity contribution in [3.05, 3.63) is 59.7 Å². The van der Waals surface area contributed by atoms with Gasteiger partial charge < -0.3 is 10.2 Å². The summed E-state index contributed by atoms with van der Waals surface area (Å²) < 4.78 is 0. The van der Waals surface area contributed by atoms with E-state index in [1.165, 1.54) is 0 Å². The van der Waals surface area contributed by atoms with Crippen LogP contribution in [0.2, 0.25) is 0 Å². The molecule has 2 amide bonds. The number of hydrogen-bond donors (Lipinski definition) is 1. The molecule has 5 nitrogen and oxygen atoms in total. The fraction of sp³-hybridized carbons (Fsp3) is 0.318. The zero-order valence-corrected chi connectivity index (χ0v) is 15.8. The number of hydrogen-bond acceptors (Lipinski definition) is 3. The highest BCUT2D eigenvalue weighted by atomic mass is 16.2. The summed E-state index contributed by atoms with van der Waals surface area (Å²) >= 11 is 0. The molecule has 5 heteroatoms. The molecule has 0 aromatic heterocycles. The van der Waals surface area contributed by atoms with Gasteiger partial charge in [-0.1, -0.05) is 39.0 Å². The summed E-state index contributed by atoms with van der Waals surface area (Å²) in [7, 11) is 0. The fourth-order valence-corrected chi connectivity index (χ4v) is 3.33. The zero-order chi connectivity index (χ0) is 19.6. The van der Waals surface area contributed by atoms with Gasteiger partial charge in [0.2, 0.25) is 11.8 Å². The molecule has 2 aromatic carbocycles. The van der Waals surface area contributed by atoms with Crippen molar-refractivity contribution in [2.75, 3.05) is 16.8 Å². The molecule has 0 spiro atoms. The molecule has 0 saturated carbocycles. The van der Waals surface area contributed by atoms with Crippen LogP contribution in [0.4, 0.5) is 11.4 Å². The molecule has 1 atom stereocenters. The van der Waals surface area contributed by atoms with E-state index in [-0.39, 0.29) is 23.7 Å². The topological polar surface area (TPSA) is 73.2 Å². The largest absolute Gasteiger partial charge is 0.326 e. The third-order valence-electron chi connectivity index (χ3n) is 4.78. The highest BCUT2D eigenvalue weighted by molar-refractivity contribution is 6.04. The second-order valence-corrected chi connectivity index (χ2v) is 7.85. The molecule has 1 unspecified atom stereocenters. The van der Waals surface area contributed by atoms with Crippen LogP contribution in [0.1, 0.15) is 38.3 Å². The molecule has 27 heavy (non-hydrogen) atoms. The summed E-state index contributed by atoms with van der Waals surface area (Å²) in [6.07, 6.45) is 0.195. The molecule has 1 fully saturated rings. The number of benzene rings is 2. The highest BCUT2D eigenvalue weighted by Crippen LogP contribution is 2.35. The molecule has 0 aliphatic carbocycles. The number of nitrogens with one attached hydrogen (secondary N) is 1. The average molecular weight is 361 g/mol. The number of para-hydroxylation sites is 1. The lowest BCUT2D eigenvalue weighted by atomic mass is 9.85. The molecule has 0 bridgehead atoms. The molecule has 3 rings (SSSR count). The predicted octanol–water partition coefficient (Wildman–Crippen LogP) is 3.85. The van der Waals surface area contributed by atoms with Crippen LogP contribution in [0.5, 0.6) is 0 Å². The molecular weight excluding hydrogens is 338 g/mol. The first kappa shape index (κ1) is 18.7. The number of rotatable bonds is 3. The summed E-state index contributed by atoms with van der Waals surface area (Å²) in [6, 6.07) is 16.6. The van der Waals surface area contributed by atoms with Gasteiger partial charge in [-0.2, -0.15) is 5.26 Å². The standard InChI is InChI=1S/C22H23N3O2/c1-22(2,3)18-6-4-5-7-19(18)25-14-16(12-20(25)26)21(27)24-17-10-8-15(13-23)9-11-17/h4-11,16H,12,14H2,1-3H3,(H,24,27). The number of amides is 2. The van der Waals surface area contributed by atoms with Gasteiger partial charge in [0.25, 0.3) is 0 Å². The number of carbonyl (C=O) groups is 2. The lowest BCUT2D eigenvalue weighted by Crippen LogP contribution is -2.30. The summed E-state index contributed by atoms with van der Waals surface area (Å²) in [4.78, 5) is 27.0. The Hall–Kier alpha value is -3.13. The summed E-state index contributed by atoms with van der Waals surface area (Å²) in [6.45, 7) is 6.71. The predicted molar refractivity (Wildman–Crippen MR) is 105 cm³/mol. The van der Waals surface area contributed by atoms with E-state index < -0.39 is 5.92 Å². The Morgan fingerprint density at radius 3 is 2.44 bits per heavy atom. The van der Waals surface area contributed by atoms with Crippen LogP contribution in [-0.4, -0.2) is 18.4 Å². The van der Waals surface area contributed by atoms with E-state index in [2.05, 4.69) is 26.1 Å². The first-order valence-corrected chi connectivity index (χ1v) is 9.00. The monoisotopic (exact) mass is 361 g/mol. The maximum absolute atomic E-state index is 12.6. The van der Waals surface area contributed by atoms with Gasteiger partial charge in [0.1, 0.15) is 0 Å². The van der Waals surface area contributed by atoms with Gasteiger partial charge in [-0.25, -0.2) is 0 Å². The number of carbonyl (C=O) groups excluding carboxylic acids is 2. The second-order valence-electron chi connectivity index (χ2n) is 7.85. The molecule has 1 N–H and O–H groups in total. The quantitative estimate of drug-likeness (QED) is 0.902. The van der Waals surface area contributed by atoms with Gasteiger partial charge in [-0.3, -0.25) is 9.59 Å². The van der Waals surface area contributed by atoms with E-state index in [0.717, 1.165) is 11.3 Å². The smallest absolute Gasteiger partial charge is 0.229 e. The van der Waals surface area contributed by atoms with Crippen molar-refractivity contribution in [2.45, 2.75) is 32.6 Å². The van der Waals surface area contributed by atoms with Gasteiger partial charge in [-0.05, 0) is 41.3 Å². The van der Waals surface area contributed by atoms with Crippen molar-refractivity contribution in [2.24, 2.45) is 5.92 Å². The summed E-state index contributed by atoms with van der Waals surface area (Å²) in [5.41, 5.74) is 3.03. The second kappa shape index (κ2) is 7.24. The van der Waals surface area contributed by atoms with Crippen LogP contribution in [0.15, 0.2) is 48.5 Å². The molecule has 2 aromatic rings. The van der Waals surface area contributed by atoms with E-state index >= 15 is 0 Å². The third-order valence-corrected chi connectivity index (χ3v) is 4.78. The van der Waals surface area contributed by atoms with E-state index in [9.17, 15) is 9.59 Å². The van der Waals surface area contributed by atoms with Crippen molar-refractivity contribution < 1.29 is 9.59 Å². The van der Waals surface area contributed by atoms with E-state index in [0.29, 0.717) is 17.8 Å². The van der Waals surface area contributed by atoms with E-state index in [1.807, 2.05) is 30.3 Å². The Labute approximate surface area is 159 Å². The maximum atomic E-state index is 12.6. The van der Waals surface area contributed by atoms with Crippen molar-refractivity contribution in [3.8, 4) is 6.07 Å². The zero-order valence-electron chi connectivity index (χ0n) is 15.8. The molecule has 0 radical (unpaired) electrons. The number of anilines is 2. The van der Waals surface area contributed by atoms with Gasteiger partial charge in [-0.15, -0.1) is 0 Å². The van der Waals surface area contributed by atoms with Gasteiger partial charge in [0.15, 0.2) is 0 Å². The Bertz CT molecular complexity index is 904. The van der Waals surface area contributed by atoms with Crippen molar-refractivity contribution in [1.82, 2.24) is 0 Å². The Balaban J connectivity index is 1.76. The Morgan fingerprint density at radius 1 is 1.15 bits per heavy atom. The van der Waals surface area contributed by atoms with Crippen LogP contribution in [-0.2, 0) is 15.0 Å². The minimum Gasteiger partial charge on any atom is -0.326 e. The summed E-state index contributed by atoms with van der Waals surface area (Å²) in [5, 5.41) is 11.7. The fourth-order valence-electron chi connectivity index (χ4n) is 3.33. The van der Waals surface area contributed by atoms with Crippen molar-refractivity contribution in [1.29, 1.82) is 5.26 Å². The molecule has 138 valence electrons. The first-order chi connectivity index (χ1) is 12.8. The minimum absolute atomic E-state index is 0.0355. The molecule has 1 saturated heterocycles. The maximum Gasteiger partial charge on any atom is 0.229 e. The van der Waals surface area contributed by atoms with Crippen LogP contribution < -0.4 is 10.2 Å². The number of nitriles is 1. The highest BCUT2D eigenvalue weighted by Gasteiger charge is 2.36. The van der Waals surface area contributed by atoms with E-state index in [4.69, 9.17) is 5.26 Å². The third kappa shape index (κ3) is 4.01. The Morgan fingerprint density at radius 2 is 1.81 bits per heavy atom. The molecule has 1 aliphatic heterocycles. The molecule has 1 heterocycles. The molecular formula is C22H23N3O2. The Kier molecular flexibility index (Phi) is 5.00. The van der Waals surface area contributed by atoms with Gasteiger partial charge >= 0.3 is 0 Å². The van der Waals surface area contributed by atoms with Crippen LogP contribution in [0, 0.1) is 17.2 Å². The van der Waals surface area contributed by atoms with Crippen LogP contribution in [0.3, 0.4) is 0 Å². The minimum atomic E-state index is -0.402. The number of nitrogens with zero attached hydrogens (tertiary/aromatic N) is 2. The normalized spacial score (nSPS) is 16.9. The van der Waals surface area contributed by atoms with Crippen LogP contribution in [0.25, 0.3) is 0 Å². The SMILES string of the molecule is CC(C)(C)c1ccccc1N1CC(C(=O)Nc2ccc(C#N)cc2)CC1=O. The average Bonchev–Trinajstić information content (AvgIpc) is 3.03. The lowest BCUT2D eigenvalue weighted by Gasteiger charge is -2.27. The van der Waals surface area contributed by atoms with Gasteiger partial charge in [0.05, 0.1) is 17.6 Å². The van der Waals surface area contributed by atoms with E-state index in [1.54, 1.807) is 29.2 Å². The molecule has 1 aliphatic rings. The van der Waals surface area contributed by atoms with Crippen molar-refractivity contribution in [3.63, 3.8) is 0 Å². The lowest BCUT2D eigenvalue weighted by molar-refractivity contribution is -0.122. The van der Waals surface area contributed by atoms with Crippen molar-refractivity contribution >= 4 is 23.2 Å². The summed E-state index contributed by atoms with van der Waals surface area (Å²) in [5.74, 6) is -0.614. The van der Waals surface area contributed by atoms with Gasteiger partial charge in [0, 0.05) is 24.3 Å².